The van der Waals surface area contributed by atoms with Crippen molar-refractivity contribution in [2.24, 2.45) is 0 Å². The number of anilines is 1. The van der Waals surface area contributed by atoms with E-state index in [4.69, 9.17) is 16.3 Å². The van der Waals surface area contributed by atoms with Gasteiger partial charge in [0.05, 0.1) is 17.7 Å². The van der Waals surface area contributed by atoms with Gasteiger partial charge in [-0.15, -0.1) is 0 Å². The molecule has 0 bridgehead atoms. The van der Waals surface area contributed by atoms with Crippen molar-refractivity contribution in [2.45, 2.75) is 12.8 Å². The van der Waals surface area contributed by atoms with Crippen LogP contribution in [0.1, 0.15) is 21.5 Å². The van der Waals surface area contributed by atoms with Crippen molar-refractivity contribution in [3.05, 3.63) is 88.4 Å². The predicted molar refractivity (Wildman–Crippen MR) is 107 cm³/mol. The van der Waals surface area contributed by atoms with Crippen molar-refractivity contribution in [3.8, 4) is 0 Å². The molecule has 0 saturated carbocycles. The molecule has 1 heterocycles. The first kappa shape index (κ1) is 19.5. The van der Waals surface area contributed by atoms with E-state index in [9.17, 15) is 18.0 Å². The molecule has 1 aliphatic rings. The first-order chi connectivity index (χ1) is 13.8. The summed E-state index contributed by atoms with van der Waals surface area (Å²) in [6.07, 6.45) is -4.61. The second-order valence-electron chi connectivity index (χ2n) is 6.65. The van der Waals surface area contributed by atoms with Crippen molar-refractivity contribution in [1.82, 2.24) is 0 Å². The molecule has 1 amide bonds. The van der Waals surface area contributed by atoms with Crippen molar-refractivity contribution in [2.75, 3.05) is 5.32 Å². The molecule has 4 rings (SSSR count). The van der Waals surface area contributed by atoms with Gasteiger partial charge in [0.2, 0.25) is 0 Å². The highest BCUT2D eigenvalue weighted by Crippen LogP contribution is 2.32. The molecule has 0 unspecified atom stereocenters. The third-order valence-corrected chi connectivity index (χ3v) is 4.99. The number of carbonyl (C=O) groups excluding carboxylic acids is 1. The zero-order valence-corrected chi connectivity index (χ0v) is 15.7. The van der Waals surface area contributed by atoms with Crippen LogP contribution in [0, 0.1) is 0 Å². The maximum atomic E-state index is 13.2. The summed E-state index contributed by atoms with van der Waals surface area (Å²) in [4.78, 5) is 12.5. The molecule has 0 aliphatic carbocycles. The van der Waals surface area contributed by atoms with E-state index in [2.05, 4.69) is 5.32 Å². The van der Waals surface area contributed by atoms with E-state index in [-0.39, 0.29) is 6.92 Å². The Morgan fingerprint density at radius 2 is 1.76 bits per heavy atom. The Morgan fingerprint density at radius 1 is 1.03 bits per heavy atom. The number of nitrogens with one attached hydrogen (secondary N) is 1. The van der Waals surface area contributed by atoms with Crippen LogP contribution in [0.5, 0.6) is 0 Å². The molecule has 0 saturated heterocycles. The number of hydrogen-bond donors (Lipinski definition) is 1. The van der Waals surface area contributed by atoms with E-state index in [1.807, 2.05) is 12.1 Å². The van der Waals surface area contributed by atoms with Crippen molar-refractivity contribution in [3.63, 3.8) is 0 Å². The van der Waals surface area contributed by atoms with Gasteiger partial charge >= 0.3 is 13.1 Å². The van der Waals surface area contributed by atoms with Crippen LogP contribution in [0.3, 0.4) is 0 Å². The van der Waals surface area contributed by atoms with E-state index in [0.717, 1.165) is 28.6 Å². The zero-order chi connectivity index (χ0) is 20.6. The van der Waals surface area contributed by atoms with Crippen LogP contribution in [-0.4, -0.2) is 12.8 Å². The van der Waals surface area contributed by atoms with Crippen LogP contribution < -0.4 is 16.2 Å². The topological polar surface area (TPSA) is 38.3 Å². The summed E-state index contributed by atoms with van der Waals surface area (Å²) in [5, 5.41) is 3.17. The second kappa shape index (κ2) is 7.57. The van der Waals surface area contributed by atoms with Crippen molar-refractivity contribution in [1.29, 1.82) is 0 Å². The minimum Gasteiger partial charge on any atom is -0.423 e. The Bertz CT molecular complexity index is 1070. The molecule has 29 heavy (non-hydrogen) atoms. The van der Waals surface area contributed by atoms with Crippen molar-refractivity contribution < 1.29 is 22.6 Å². The van der Waals surface area contributed by atoms with Crippen molar-refractivity contribution >= 4 is 41.0 Å². The molecule has 1 aliphatic heterocycles. The Labute approximate surface area is 170 Å². The van der Waals surface area contributed by atoms with Gasteiger partial charge in [0.1, 0.15) is 0 Å². The van der Waals surface area contributed by atoms with E-state index in [1.165, 1.54) is 12.1 Å². The molecule has 0 radical (unpaired) electrons. The lowest BCUT2D eigenvalue weighted by Crippen LogP contribution is -2.41. The summed E-state index contributed by atoms with van der Waals surface area (Å²) in [7, 11) is 0. The lowest BCUT2D eigenvalue weighted by atomic mass is 9.56. The first-order valence-electron chi connectivity index (χ1n) is 8.80. The van der Waals surface area contributed by atoms with Crippen LogP contribution in [0.15, 0.2) is 66.7 Å². The van der Waals surface area contributed by atoms with Crippen LogP contribution >= 0.6 is 11.6 Å². The number of rotatable bonds is 3. The average molecular weight is 416 g/mol. The van der Waals surface area contributed by atoms with Gasteiger partial charge < -0.3 is 9.97 Å². The number of fused-ring (bicyclic) bond motifs is 1. The Kier molecular flexibility index (Phi) is 5.11. The van der Waals surface area contributed by atoms with Gasteiger partial charge in [0.15, 0.2) is 0 Å². The summed E-state index contributed by atoms with van der Waals surface area (Å²) < 4.78 is 45.4. The molecule has 0 spiro atoms. The van der Waals surface area contributed by atoms with Gasteiger partial charge in [-0.3, -0.25) is 4.79 Å². The highest BCUT2D eigenvalue weighted by Gasteiger charge is 2.35. The van der Waals surface area contributed by atoms with Gasteiger partial charge in [-0.2, -0.15) is 13.2 Å². The molecular weight excluding hydrogens is 401 g/mol. The number of benzene rings is 3. The van der Waals surface area contributed by atoms with Gasteiger partial charge in [0, 0.05) is 10.7 Å². The van der Waals surface area contributed by atoms with E-state index >= 15 is 0 Å². The summed E-state index contributed by atoms with van der Waals surface area (Å²) in [5.74, 6) is -0.820. The highest BCUT2D eigenvalue weighted by molar-refractivity contribution is 6.81. The Balaban J connectivity index is 1.61. The van der Waals surface area contributed by atoms with E-state index < -0.39 is 23.2 Å². The monoisotopic (exact) mass is 415 g/mol. The molecule has 3 aromatic carbocycles. The highest BCUT2D eigenvalue weighted by atomic mass is 35.5. The first-order valence-corrected chi connectivity index (χ1v) is 9.18. The second-order valence-corrected chi connectivity index (χ2v) is 7.09. The maximum absolute atomic E-state index is 13.2. The molecule has 0 fully saturated rings. The minimum atomic E-state index is -4.61. The lowest BCUT2D eigenvalue weighted by molar-refractivity contribution is -0.137. The number of alkyl halides is 3. The van der Waals surface area contributed by atoms with E-state index in [1.54, 1.807) is 30.3 Å². The number of carbonyl (C=O) groups is 1. The van der Waals surface area contributed by atoms with E-state index in [0.29, 0.717) is 17.3 Å². The molecule has 3 aromatic rings. The summed E-state index contributed by atoms with van der Waals surface area (Å²) in [6, 6.07) is 17.1. The quantitative estimate of drug-likeness (QED) is 0.650. The third-order valence-electron chi connectivity index (χ3n) is 4.74. The van der Waals surface area contributed by atoms with Gasteiger partial charge in [-0.05, 0) is 52.9 Å². The van der Waals surface area contributed by atoms with Gasteiger partial charge in [-0.1, -0.05) is 41.9 Å². The molecule has 3 nitrogen and oxygen atoms in total. The van der Waals surface area contributed by atoms with Crippen LogP contribution in [0.2, 0.25) is 5.02 Å². The fourth-order valence-electron chi connectivity index (χ4n) is 3.35. The normalized spacial score (nSPS) is 13.3. The molecule has 1 N–H and O–H groups in total. The fraction of sp³-hybridized carbons (Fsp3) is 0.0952. The van der Waals surface area contributed by atoms with Gasteiger partial charge in [-0.25, -0.2) is 0 Å². The predicted octanol–water partition coefficient (Wildman–Crippen LogP) is 4.25. The standard InChI is InChI=1S/C21H14BClF3NO2/c23-15-8-6-14(7-9-15)22-19-11-16(10-5-13(19)12-29-22)27-20(28)17-3-1-2-4-18(17)21(24,25)26/h1-11H,12H2,(H,27,28). The largest absolute Gasteiger partial charge is 0.423 e. The maximum Gasteiger partial charge on any atom is 0.417 e. The summed E-state index contributed by atoms with van der Waals surface area (Å²) >= 11 is 5.94. The molecule has 0 atom stereocenters. The fourth-order valence-corrected chi connectivity index (χ4v) is 3.48. The smallest absolute Gasteiger partial charge is 0.417 e. The SMILES string of the molecule is O=C(Nc1ccc2c(c1)B(c1ccc(Cl)cc1)OC2)c1ccccc1C(F)(F)F. The number of hydrogen-bond acceptors (Lipinski definition) is 2. The molecular formula is C21H14BClF3NO2. The molecule has 8 heteroatoms. The third kappa shape index (κ3) is 4.02. The van der Waals surface area contributed by atoms with Crippen LogP contribution in [0.4, 0.5) is 18.9 Å². The zero-order valence-electron chi connectivity index (χ0n) is 15.0. The lowest BCUT2D eigenvalue weighted by Gasteiger charge is -2.13. The van der Waals surface area contributed by atoms with Gasteiger partial charge in [0.25, 0.3) is 5.91 Å². The van der Waals surface area contributed by atoms with Crippen LogP contribution in [-0.2, 0) is 17.4 Å². The number of halogens is 4. The number of amides is 1. The molecule has 146 valence electrons. The summed E-state index contributed by atoms with van der Waals surface area (Å²) in [6.45, 7) is 0.0786. The minimum absolute atomic E-state index is 0.332. The Hall–Kier alpha value is -2.77. The average Bonchev–Trinajstić information content (AvgIpc) is 3.11. The summed E-state index contributed by atoms with van der Waals surface area (Å²) in [5.41, 5.74) is 1.72. The van der Waals surface area contributed by atoms with Crippen LogP contribution in [0.25, 0.3) is 0 Å². The molecule has 0 aromatic heterocycles. The Morgan fingerprint density at radius 3 is 2.48 bits per heavy atom.